The van der Waals surface area contributed by atoms with E-state index in [1.165, 1.54) is 0 Å². The van der Waals surface area contributed by atoms with Crippen molar-refractivity contribution in [1.82, 2.24) is 4.98 Å². The first-order valence-electron chi connectivity index (χ1n) is 9.09. The smallest absolute Gasteiger partial charge is 0.306 e. The van der Waals surface area contributed by atoms with Gasteiger partial charge in [-0.3, -0.25) is 4.79 Å². The van der Waals surface area contributed by atoms with E-state index in [1.54, 1.807) is 27.5 Å². The third kappa shape index (κ3) is 5.07. The molecule has 0 aliphatic heterocycles. The standard InChI is InChI=1S/C22H23NO6/c1-25-17-11-15(12-18(26-2)22(17)27-3)9-10-21(24)28-14-20-23-13-19(29-20)16-7-5-4-6-8-16/h4-8,11-13H,9-10,14H2,1-3H3. The summed E-state index contributed by atoms with van der Waals surface area (Å²) in [6.07, 6.45) is 2.29. The minimum atomic E-state index is -0.349. The highest BCUT2D eigenvalue weighted by molar-refractivity contribution is 5.70. The molecule has 0 saturated heterocycles. The zero-order valence-corrected chi connectivity index (χ0v) is 16.6. The van der Waals surface area contributed by atoms with Gasteiger partial charge >= 0.3 is 5.97 Å². The van der Waals surface area contributed by atoms with Gasteiger partial charge in [-0.05, 0) is 24.1 Å². The molecule has 152 valence electrons. The van der Waals surface area contributed by atoms with Crippen LogP contribution in [-0.4, -0.2) is 32.3 Å². The Morgan fingerprint density at radius 3 is 2.31 bits per heavy atom. The maximum atomic E-state index is 12.1. The molecule has 0 unspecified atom stereocenters. The number of oxazole rings is 1. The fourth-order valence-corrected chi connectivity index (χ4v) is 2.85. The Bertz CT molecular complexity index is 926. The van der Waals surface area contributed by atoms with Crippen LogP contribution in [0.4, 0.5) is 0 Å². The highest BCUT2D eigenvalue weighted by Crippen LogP contribution is 2.38. The molecule has 0 radical (unpaired) electrons. The molecule has 0 atom stereocenters. The van der Waals surface area contributed by atoms with Crippen LogP contribution < -0.4 is 14.2 Å². The van der Waals surface area contributed by atoms with E-state index in [9.17, 15) is 4.79 Å². The van der Waals surface area contributed by atoms with Crippen molar-refractivity contribution in [1.29, 1.82) is 0 Å². The van der Waals surface area contributed by atoms with Gasteiger partial charge in [0.05, 0.1) is 27.5 Å². The summed E-state index contributed by atoms with van der Waals surface area (Å²) in [6.45, 7) is -0.0130. The second-order valence-electron chi connectivity index (χ2n) is 6.18. The Labute approximate surface area is 169 Å². The molecule has 2 aromatic carbocycles. The number of hydrogen-bond donors (Lipinski definition) is 0. The summed E-state index contributed by atoms with van der Waals surface area (Å²) in [5, 5.41) is 0. The van der Waals surface area contributed by atoms with Gasteiger partial charge in [-0.15, -0.1) is 0 Å². The Morgan fingerprint density at radius 1 is 1.00 bits per heavy atom. The number of esters is 1. The molecule has 0 amide bonds. The zero-order chi connectivity index (χ0) is 20.6. The summed E-state index contributed by atoms with van der Waals surface area (Å²) in [5.74, 6) is 2.24. The van der Waals surface area contributed by atoms with Crippen molar-refractivity contribution < 1.29 is 28.2 Å². The third-order valence-electron chi connectivity index (χ3n) is 4.31. The van der Waals surface area contributed by atoms with Crippen LogP contribution in [-0.2, 0) is 22.6 Å². The molecule has 1 aromatic heterocycles. The van der Waals surface area contributed by atoms with E-state index in [4.69, 9.17) is 23.4 Å². The Morgan fingerprint density at radius 2 is 1.69 bits per heavy atom. The van der Waals surface area contributed by atoms with Gasteiger partial charge in [0.15, 0.2) is 23.9 Å². The van der Waals surface area contributed by atoms with Crippen LogP contribution in [0.3, 0.4) is 0 Å². The molecule has 0 spiro atoms. The minimum absolute atomic E-state index is 0.0130. The fraction of sp³-hybridized carbons (Fsp3) is 0.273. The molecule has 7 nitrogen and oxygen atoms in total. The third-order valence-corrected chi connectivity index (χ3v) is 4.31. The van der Waals surface area contributed by atoms with E-state index >= 15 is 0 Å². The molecule has 1 heterocycles. The second kappa shape index (κ2) is 9.64. The number of rotatable bonds is 9. The summed E-state index contributed by atoms with van der Waals surface area (Å²) < 4.78 is 26.9. The number of hydrogen-bond acceptors (Lipinski definition) is 7. The van der Waals surface area contributed by atoms with Gasteiger partial charge in [-0.2, -0.15) is 0 Å². The van der Waals surface area contributed by atoms with E-state index in [-0.39, 0.29) is 19.0 Å². The molecule has 29 heavy (non-hydrogen) atoms. The summed E-state index contributed by atoms with van der Waals surface area (Å²) in [6, 6.07) is 13.2. The summed E-state index contributed by atoms with van der Waals surface area (Å²) >= 11 is 0. The largest absolute Gasteiger partial charge is 0.493 e. The Hall–Kier alpha value is -3.48. The van der Waals surface area contributed by atoms with E-state index in [2.05, 4.69) is 4.98 Å². The first-order chi connectivity index (χ1) is 14.1. The van der Waals surface area contributed by atoms with Crippen LogP contribution in [0.1, 0.15) is 17.9 Å². The lowest BCUT2D eigenvalue weighted by atomic mass is 10.1. The summed E-state index contributed by atoms with van der Waals surface area (Å²) in [5.41, 5.74) is 1.79. The van der Waals surface area contributed by atoms with E-state index in [1.807, 2.05) is 42.5 Å². The van der Waals surface area contributed by atoms with Crippen molar-refractivity contribution in [2.24, 2.45) is 0 Å². The lowest BCUT2D eigenvalue weighted by molar-refractivity contribution is -0.145. The molecule has 0 aliphatic rings. The molecule has 0 aliphatic carbocycles. The van der Waals surface area contributed by atoms with E-state index in [0.717, 1.165) is 11.1 Å². The zero-order valence-electron chi connectivity index (χ0n) is 16.6. The van der Waals surface area contributed by atoms with Crippen LogP contribution in [0.5, 0.6) is 17.2 Å². The van der Waals surface area contributed by atoms with Gasteiger partial charge in [-0.1, -0.05) is 30.3 Å². The number of aromatic nitrogens is 1. The lowest BCUT2D eigenvalue weighted by Crippen LogP contribution is -2.06. The molecule has 0 bridgehead atoms. The molecule has 0 N–H and O–H groups in total. The average Bonchev–Trinajstić information content (AvgIpc) is 3.25. The van der Waals surface area contributed by atoms with Crippen molar-refractivity contribution in [3.05, 3.63) is 60.1 Å². The fourth-order valence-electron chi connectivity index (χ4n) is 2.85. The van der Waals surface area contributed by atoms with Crippen molar-refractivity contribution in [2.45, 2.75) is 19.4 Å². The topological polar surface area (TPSA) is 80.0 Å². The Balaban J connectivity index is 1.55. The maximum Gasteiger partial charge on any atom is 0.306 e. The van der Waals surface area contributed by atoms with Crippen molar-refractivity contribution in [2.75, 3.05) is 21.3 Å². The molecule has 7 heteroatoms. The highest BCUT2D eigenvalue weighted by Gasteiger charge is 2.15. The minimum Gasteiger partial charge on any atom is -0.493 e. The molecule has 0 saturated carbocycles. The molecule has 3 rings (SSSR count). The first kappa shape index (κ1) is 20.3. The predicted molar refractivity (Wildman–Crippen MR) is 106 cm³/mol. The monoisotopic (exact) mass is 397 g/mol. The molecular formula is C22H23NO6. The maximum absolute atomic E-state index is 12.1. The second-order valence-corrected chi connectivity index (χ2v) is 6.18. The average molecular weight is 397 g/mol. The van der Waals surface area contributed by atoms with Crippen LogP contribution in [0, 0.1) is 0 Å². The number of benzene rings is 2. The number of nitrogens with zero attached hydrogens (tertiary/aromatic N) is 1. The normalized spacial score (nSPS) is 10.4. The number of methoxy groups -OCH3 is 3. The van der Waals surface area contributed by atoms with Gasteiger partial charge in [0.2, 0.25) is 11.6 Å². The van der Waals surface area contributed by atoms with Crippen LogP contribution >= 0.6 is 0 Å². The van der Waals surface area contributed by atoms with Gasteiger partial charge in [0.25, 0.3) is 0 Å². The first-order valence-corrected chi connectivity index (χ1v) is 9.09. The lowest BCUT2D eigenvalue weighted by Gasteiger charge is -2.14. The molecule has 3 aromatic rings. The number of carbonyl (C=O) groups is 1. The van der Waals surface area contributed by atoms with Crippen LogP contribution in [0.2, 0.25) is 0 Å². The van der Waals surface area contributed by atoms with Gasteiger partial charge in [-0.25, -0.2) is 4.98 Å². The van der Waals surface area contributed by atoms with Crippen LogP contribution in [0.15, 0.2) is 53.1 Å². The van der Waals surface area contributed by atoms with Gasteiger partial charge in [0, 0.05) is 12.0 Å². The Kier molecular flexibility index (Phi) is 6.73. The molecular weight excluding hydrogens is 374 g/mol. The SMILES string of the molecule is COc1cc(CCC(=O)OCc2ncc(-c3ccccc3)o2)cc(OC)c1OC. The van der Waals surface area contributed by atoms with E-state index in [0.29, 0.717) is 35.3 Å². The number of aryl methyl sites for hydroxylation is 1. The van der Waals surface area contributed by atoms with Gasteiger partial charge in [0.1, 0.15) is 0 Å². The predicted octanol–water partition coefficient (Wildman–Crippen LogP) is 4.04. The summed E-state index contributed by atoms with van der Waals surface area (Å²) in [4.78, 5) is 16.3. The van der Waals surface area contributed by atoms with Crippen molar-refractivity contribution >= 4 is 5.97 Å². The number of carbonyl (C=O) groups excluding carboxylic acids is 1. The van der Waals surface area contributed by atoms with Crippen molar-refractivity contribution in [3.8, 4) is 28.6 Å². The van der Waals surface area contributed by atoms with Crippen LogP contribution in [0.25, 0.3) is 11.3 Å². The van der Waals surface area contributed by atoms with E-state index < -0.39 is 0 Å². The summed E-state index contributed by atoms with van der Waals surface area (Å²) in [7, 11) is 4.65. The van der Waals surface area contributed by atoms with Gasteiger partial charge < -0.3 is 23.4 Å². The number of ether oxygens (including phenoxy) is 4. The quantitative estimate of drug-likeness (QED) is 0.504. The van der Waals surface area contributed by atoms with Crippen molar-refractivity contribution in [3.63, 3.8) is 0 Å². The highest BCUT2D eigenvalue weighted by atomic mass is 16.5. The molecule has 0 fully saturated rings.